The minimum atomic E-state index is -1.19. The van der Waals surface area contributed by atoms with Gasteiger partial charge in [-0.25, -0.2) is 0 Å². The maximum atomic E-state index is 11.5. The molecule has 0 radical (unpaired) electrons. The molecule has 1 heterocycles. The molecule has 0 saturated heterocycles. The van der Waals surface area contributed by atoms with Gasteiger partial charge in [0.1, 0.15) is 0 Å². The zero-order valence-electron chi connectivity index (χ0n) is 9.27. The molecule has 1 amide bonds. The molecule has 1 aromatic rings. The molecule has 0 spiro atoms. The zero-order valence-corrected chi connectivity index (χ0v) is 11.3. The molecule has 2 rings (SSSR count). The topological polar surface area (TPSA) is 60.4 Å². The Balaban J connectivity index is 0.00000128. The second-order valence-electron chi connectivity index (χ2n) is 3.59. The van der Waals surface area contributed by atoms with Gasteiger partial charge in [0.05, 0.1) is 0 Å². The zero-order chi connectivity index (χ0) is 11.0. The van der Waals surface area contributed by atoms with Crippen LogP contribution in [0.25, 0.3) is 0 Å². The van der Waals surface area contributed by atoms with Crippen LogP contribution in [0.3, 0.4) is 0 Å². The van der Waals surface area contributed by atoms with E-state index in [9.17, 15) is 14.7 Å². The van der Waals surface area contributed by atoms with Crippen molar-refractivity contribution in [2.75, 3.05) is 11.9 Å². The first kappa shape index (κ1) is 13.2. The number of nitrogens with zero attached hydrogens (tertiary/aromatic N) is 1. The number of fused-ring (bicyclic) bond motifs is 1. The number of carboxylic acid groups (broad SMARTS) is 1. The van der Waals surface area contributed by atoms with Gasteiger partial charge in [0, 0.05) is 31.0 Å². The van der Waals surface area contributed by atoms with E-state index in [-0.39, 0.29) is 41.9 Å². The normalized spacial score (nSPS) is 18.7. The molecule has 0 fully saturated rings. The first-order valence-corrected chi connectivity index (χ1v) is 4.67. The minimum Gasteiger partial charge on any atom is -0.549 e. The van der Waals surface area contributed by atoms with Gasteiger partial charge in [-0.05, 0) is 11.6 Å². The van der Waals surface area contributed by atoms with Crippen molar-refractivity contribution in [2.24, 2.45) is 0 Å². The summed E-state index contributed by atoms with van der Waals surface area (Å²) in [5, 5.41) is 10.9. The molecule has 0 saturated carbocycles. The molecule has 1 atom stereocenters. The number of hydrogen-bond donors (Lipinski definition) is 0. The first-order valence-electron chi connectivity index (χ1n) is 4.67. The van der Waals surface area contributed by atoms with Crippen LogP contribution in [0, 0.1) is 0 Å². The predicted octanol–water partition coefficient (Wildman–Crippen LogP) is -3.11. The summed E-state index contributed by atoms with van der Waals surface area (Å²) in [6.45, 7) is 0. The molecule has 78 valence electrons. The van der Waals surface area contributed by atoms with Gasteiger partial charge in [-0.1, -0.05) is 18.2 Å². The molecule has 1 aliphatic rings. The van der Waals surface area contributed by atoms with E-state index in [0.717, 1.165) is 0 Å². The Morgan fingerprint density at radius 1 is 1.44 bits per heavy atom. The van der Waals surface area contributed by atoms with Crippen molar-refractivity contribution in [3.05, 3.63) is 29.8 Å². The molecule has 1 unspecified atom stereocenters. The third kappa shape index (κ3) is 2.14. The summed E-state index contributed by atoms with van der Waals surface area (Å²) >= 11 is 0. The van der Waals surface area contributed by atoms with Crippen molar-refractivity contribution in [1.29, 1.82) is 0 Å². The number of carbonyl (C=O) groups excluding carboxylic acids is 2. The summed E-state index contributed by atoms with van der Waals surface area (Å²) in [5.41, 5.74) is 1.31. The van der Waals surface area contributed by atoms with Crippen molar-refractivity contribution in [3.8, 4) is 0 Å². The summed E-state index contributed by atoms with van der Waals surface area (Å²) in [7, 11) is 1.65. The smallest absolute Gasteiger partial charge is 0.549 e. The molecular weight excluding hydrogens is 217 g/mol. The maximum absolute atomic E-state index is 11.5. The third-order valence-electron chi connectivity index (χ3n) is 2.71. The van der Waals surface area contributed by atoms with Gasteiger partial charge >= 0.3 is 29.6 Å². The van der Waals surface area contributed by atoms with Crippen molar-refractivity contribution in [2.45, 2.75) is 12.3 Å². The molecule has 1 aromatic carbocycles. The average Bonchev–Trinajstić information content (AvgIpc) is 2.23. The Hall–Kier alpha value is -0.840. The molecule has 5 heteroatoms. The van der Waals surface area contributed by atoms with Gasteiger partial charge in [0.2, 0.25) is 5.91 Å². The van der Waals surface area contributed by atoms with Crippen LogP contribution in [0.5, 0.6) is 0 Å². The molecule has 0 aliphatic carbocycles. The summed E-state index contributed by atoms with van der Waals surface area (Å²) in [5.74, 6) is -2.20. The van der Waals surface area contributed by atoms with Gasteiger partial charge in [0.25, 0.3) is 0 Å². The van der Waals surface area contributed by atoms with Gasteiger partial charge < -0.3 is 14.8 Å². The quantitative estimate of drug-likeness (QED) is 0.477. The fraction of sp³-hybridized carbons (Fsp3) is 0.273. The van der Waals surface area contributed by atoms with E-state index < -0.39 is 11.9 Å². The monoisotopic (exact) mass is 227 g/mol. The summed E-state index contributed by atoms with van der Waals surface area (Å²) < 4.78 is 0. The van der Waals surface area contributed by atoms with Gasteiger partial charge in [0.15, 0.2) is 0 Å². The van der Waals surface area contributed by atoms with E-state index in [4.69, 9.17) is 0 Å². The molecule has 16 heavy (non-hydrogen) atoms. The minimum absolute atomic E-state index is 0. The number of hydrogen-bond acceptors (Lipinski definition) is 3. The standard InChI is InChI=1S/C11H11NO3.Na/c1-12-9-5-3-2-4-7(9)8(11(14)15)6-10(12)13;/h2-5,8H,6H2,1H3,(H,14,15);/q;+1/p-1. The molecule has 0 bridgehead atoms. The Bertz CT molecular complexity index is 433. The summed E-state index contributed by atoms with van der Waals surface area (Å²) in [4.78, 5) is 23.9. The second-order valence-corrected chi connectivity index (χ2v) is 3.59. The SMILES string of the molecule is CN1C(=O)CC(C(=O)[O-])c2ccccc21.[Na+]. The number of rotatable bonds is 1. The Kier molecular flexibility index (Phi) is 4.13. The van der Waals surface area contributed by atoms with Crippen LogP contribution >= 0.6 is 0 Å². The number of para-hydroxylation sites is 1. The van der Waals surface area contributed by atoms with Crippen LogP contribution in [-0.2, 0) is 9.59 Å². The van der Waals surface area contributed by atoms with Gasteiger partial charge in [-0.3, -0.25) is 4.79 Å². The molecule has 1 aliphatic heterocycles. The van der Waals surface area contributed by atoms with E-state index in [2.05, 4.69) is 0 Å². The first-order chi connectivity index (χ1) is 7.11. The summed E-state index contributed by atoms with van der Waals surface area (Å²) in [6, 6.07) is 7.00. The van der Waals surface area contributed by atoms with Crippen LogP contribution in [0.1, 0.15) is 17.9 Å². The second kappa shape index (κ2) is 4.99. The largest absolute Gasteiger partial charge is 1.00 e. The number of benzene rings is 1. The van der Waals surface area contributed by atoms with Crippen LogP contribution in [0.15, 0.2) is 24.3 Å². The van der Waals surface area contributed by atoms with Crippen LogP contribution < -0.4 is 39.6 Å². The van der Waals surface area contributed by atoms with Crippen LogP contribution in [0.2, 0.25) is 0 Å². The Morgan fingerprint density at radius 3 is 2.69 bits per heavy atom. The van der Waals surface area contributed by atoms with Gasteiger partial charge in [-0.15, -0.1) is 0 Å². The van der Waals surface area contributed by atoms with E-state index >= 15 is 0 Å². The van der Waals surface area contributed by atoms with E-state index in [1.54, 1.807) is 31.3 Å². The molecular formula is C11H10NNaO3. The molecule has 0 aromatic heterocycles. The van der Waals surface area contributed by atoms with Crippen LogP contribution in [0.4, 0.5) is 5.69 Å². The van der Waals surface area contributed by atoms with Crippen molar-refractivity contribution < 1.29 is 44.3 Å². The average molecular weight is 227 g/mol. The van der Waals surface area contributed by atoms with Gasteiger partial charge in [-0.2, -0.15) is 0 Å². The van der Waals surface area contributed by atoms with E-state index in [0.29, 0.717) is 11.3 Å². The molecule has 0 N–H and O–H groups in total. The number of aliphatic carboxylic acids is 1. The predicted molar refractivity (Wildman–Crippen MR) is 52.2 cm³/mol. The van der Waals surface area contributed by atoms with Crippen molar-refractivity contribution in [1.82, 2.24) is 0 Å². The number of carbonyl (C=O) groups is 2. The summed E-state index contributed by atoms with van der Waals surface area (Å²) in [6.07, 6.45) is -0.0180. The molecule has 4 nitrogen and oxygen atoms in total. The Morgan fingerprint density at radius 2 is 2.06 bits per heavy atom. The van der Waals surface area contributed by atoms with Crippen LogP contribution in [-0.4, -0.2) is 18.9 Å². The number of carboxylic acids is 1. The Labute approximate surface area is 116 Å². The van der Waals surface area contributed by atoms with E-state index in [1.807, 2.05) is 0 Å². The maximum Gasteiger partial charge on any atom is 1.00 e. The van der Waals surface area contributed by atoms with E-state index in [1.165, 1.54) is 4.90 Å². The number of amides is 1. The van der Waals surface area contributed by atoms with Crippen molar-refractivity contribution in [3.63, 3.8) is 0 Å². The fourth-order valence-electron chi connectivity index (χ4n) is 1.85. The van der Waals surface area contributed by atoms with Crippen molar-refractivity contribution >= 4 is 17.6 Å². The third-order valence-corrected chi connectivity index (χ3v) is 2.71. The number of anilines is 1. The fourth-order valence-corrected chi connectivity index (χ4v) is 1.85.